The van der Waals surface area contributed by atoms with Gasteiger partial charge in [-0.05, 0) is 29.9 Å². The molecule has 0 aliphatic rings. The lowest BCUT2D eigenvalue weighted by Crippen LogP contribution is -2.27. The van der Waals surface area contributed by atoms with Crippen LogP contribution in [0, 0.1) is 0 Å². The molecular formula is C16H21NOS. The van der Waals surface area contributed by atoms with E-state index in [0.717, 1.165) is 32.5 Å². The summed E-state index contributed by atoms with van der Waals surface area (Å²) in [5.74, 6) is 0. The molecule has 0 fully saturated rings. The molecule has 3 heteroatoms. The van der Waals surface area contributed by atoms with Gasteiger partial charge in [-0.15, -0.1) is 11.3 Å². The van der Waals surface area contributed by atoms with Crippen molar-refractivity contribution in [3.8, 4) is 0 Å². The molecule has 0 atom stereocenters. The van der Waals surface area contributed by atoms with Crippen LogP contribution in [0.4, 0.5) is 0 Å². The Morgan fingerprint density at radius 2 is 1.84 bits per heavy atom. The quantitative estimate of drug-likeness (QED) is 0.800. The van der Waals surface area contributed by atoms with Crippen LogP contribution in [-0.2, 0) is 13.0 Å². The van der Waals surface area contributed by atoms with Crippen LogP contribution >= 0.6 is 11.3 Å². The normalized spacial score (nSPS) is 11.1. The third-order valence-corrected chi connectivity index (χ3v) is 4.01. The highest BCUT2D eigenvalue weighted by molar-refractivity contribution is 7.09. The van der Waals surface area contributed by atoms with E-state index in [-0.39, 0.29) is 6.61 Å². The lowest BCUT2D eigenvalue weighted by Gasteiger charge is -2.21. The molecule has 19 heavy (non-hydrogen) atoms. The average molecular weight is 275 g/mol. The van der Waals surface area contributed by atoms with Gasteiger partial charge in [0.1, 0.15) is 0 Å². The van der Waals surface area contributed by atoms with E-state index in [1.54, 1.807) is 11.3 Å². The summed E-state index contributed by atoms with van der Waals surface area (Å²) in [7, 11) is 0. The van der Waals surface area contributed by atoms with Crippen molar-refractivity contribution in [3.63, 3.8) is 0 Å². The minimum absolute atomic E-state index is 0.270. The minimum atomic E-state index is 0.270. The third kappa shape index (κ3) is 5.15. The predicted octanol–water partition coefficient (Wildman–Crippen LogP) is 3.18. The van der Waals surface area contributed by atoms with Crippen LogP contribution in [0.15, 0.2) is 47.8 Å². The van der Waals surface area contributed by atoms with Gasteiger partial charge in [0.2, 0.25) is 0 Å². The van der Waals surface area contributed by atoms with E-state index >= 15 is 0 Å². The van der Waals surface area contributed by atoms with Crippen molar-refractivity contribution in [3.05, 3.63) is 58.3 Å². The second kappa shape index (κ2) is 8.10. The molecule has 0 saturated heterocycles. The number of aliphatic hydroxyl groups excluding tert-OH is 1. The maximum atomic E-state index is 9.00. The highest BCUT2D eigenvalue weighted by Gasteiger charge is 2.06. The Labute approximate surface area is 119 Å². The first kappa shape index (κ1) is 14.3. The van der Waals surface area contributed by atoms with Crippen molar-refractivity contribution < 1.29 is 5.11 Å². The Bertz CT molecular complexity index is 441. The van der Waals surface area contributed by atoms with E-state index in [1.807, 2.05) is 0 Å². The highest BCUT2D eigenvalue weighted by atomic mass is 32.1. The van der Waals surface area contributed by atoms with Gasteiger partial charge in [-0.25, -0.2) is 0 Å². The highest BCUT2D eigenvalue weighted by Crippen LogP contribution is 2.13. The lowest BCUT2D eigenvalue weighted by molar-refractivity contribution is 0.221. The molecule has 0 aliphatic heterocycles. The lowest BCUT2D eigenvalue weighted by atomic mass is 10.1. The summed E-state index contributed by atoms with van der Waals surface area (Å²) in [5, 5.41) is 11.1. The molecule has 102 valence electrons. The van der Waals surface area contributed by atoms with Crippen molar-refractivity contribution in [1.29, 1.82) is 0 Å². The van der Waals surface area contributed by atoms with Gasteiger partial charge >= 0.3 is 0 Å². The molecular weight excluding hydrogens is 254 g/mol. The van der Waals surface area contributed by atoms with E-state index in [2.05, 4.69) is 52.7 Å². The summed E-state index contributed by atoms with van der Waals surface area (Å²) < 4.78 is 0. The van der Waals surface area contributed by atoms with E-state index in [0.29, 0.717) is 0 Å². The fourth-order valence-corrected chi connectivity index (χ4v) is 2.87. The van der Waals surface area contributed by atoms with Crippen LogP contribution in [0.25, 0.3) is 0 Å². The number of benzene rings is 1. The first-order valence-electron chi connectivity index (χ1n) is 6.78. The van der Waals surface area contributed by atoms with Crippen molar-refractivity contribution >= 4 is 11.3 Å². The number of hydrogen-bond donors (Lipinski definition) is 1. The molecule has 2 nitrogen and oxygen atoms in total. The molecule has 1 N–H and O–H groups in total. The average Bonchev–Trinajstić information content (AvgIpc) is 2.96. The van der Waals surface area contributed by atoms with Gasteiger partial charge in [-0.1, -0.05) is 36.4 Å². The minimum Gasteiger partial charge on any atom is -0.396 e. The van der Waals surface area contributed by atoms with E-state index in [9.17, 15) is 0 Å². The van der Waals surface area contributed by atoms with Gasteiger partial charge in [-0.3, -0.25) is 4.90 Å². The smallest absolute Gasteiger partial charge is 0.0443 e. The topological polar surface area (TPSA) is 23.5 Å². The second-order valence-corrected chi connectivity index (χ2v) is 5.70. The largest absolute Gasteiger partial charge is 0.396 e. The molecule has 0 radical (unpaired) electrons. The Morgan fingerprint density at radius 3 is 2.53 bits per heavy atom. The Kier molecular flexibility index (Phi) is 6.08. The summed E-state index contributed by atoms with van der Waals surface area (Å²) in [4.78, 5) is 3.82. The molecule has 2 rings (SSSR count). The summed E-state index contributed by atoms with van der Waals surface area (Å²) in [6.07, 6.45) is 1.91. The zero-order valence-corrected chi connectivity index (χ0v) is 12.0. The van der Waals surface area contributed by atoms with Crippen LogP contribution in [0.2, 0.25) is 0 Å². The fraction of sp³-hybridized carbons (Fsp3) is 0.375. The van der Waals surface area contributed by atoms with Crippen molar-refractivity contribution in [2.24, 2.45) is 0 Å². The van der Waals surface area contributed by atoms with Crippen LogP contribution in [0.3, 0.4) is 0 Å². The van der Waals surface area contributed by atoms with Crippen LogP contribution in [0.1, 0.15) is 16.9 Å². The zero-order valence-electron chi connectivity index (χ0n) is 11.2. The van der Waals surface area contributed by atoms with Crippen LogP contribution in [-0.4, -0.2) is 29.7 Å². The number of aliphatic hydroxyl groups is 1. The molecule has 1 aromatic carbocycles. The second-order valence-electron chi connectivity index (χ2n) is 4.67. The number of thiophene rings is 1. The molecule has 2 aromatic rings. The third-order valence-electron chi connectivity index (χ3n) is 3.15. The van der Waals surface area contributed by atoms with Crippen molar-refractivity contribution in [2.75, 3.05) is 19.7 Å². The van der Waals surface area contributed by atoms with Crippen molar-refractivity contribution in [2.45, 2.75) is 19.4 Å². The monoisotopic (exact) mass is 275 g/mol. The summed E-state index contributed by atoms with van der Waals surface area (Å²) in [6, 6.07) is 14.9. The fourth-order valence-electron chi connectivity index (χ4n) is 2.12. The number of nitrogens with zero attached hydrogens (tertiary/aromatic N) is 1. The number of rotatable bonds is 8. The van der Waals surface area contributed by atoms with E-state index < -0.39 is 0 Å². The van der Waals surface area contributed by atoms with Crippen molar-refractivity contribution in [1.82, 2.24) is 4.90 Å². The predicted molar refractivity (Wildman–Crippen MR) is 81.4 cm³/mol. The maximum Gasteiger partial charge on any atom is 0.0443 e. The first-order valence-corrected chi connectivity index (χ1v) is 7.66. The molecule has 1 heterocycles. The van der Waals surface area contributed by atoms with E-state index in [4.69, 9.17) is 5.11 Å². The van der Waals surface area contributed by atoms with Gasteiger partial charge < -0.3 is 5.11 Å². The molecule has 0 unspecified atom stereocenters. The molecule has 1 aromatic heterocycles. The standard InChI is InChI=1S/C16H21NOS/c18-12-5-10-17(14-16-8-4-13-19-16)11-9-15-6-2-1-3-7-15/h1-4,6-8,13,18H,5,9-12,14H2. The molecule has 0 bridgehead atoms. The zero-order chi connectivity index (χ0) is 13.3. The molecule has 0 aliphatic carbocycles. The van der Waals surface area contributed by atoms with E-state index in [1.165, 1.54) is 10.4 Å². The van der Waals surface area contributed by atoms with Crippen LogP contribution in [0.5, 0.6) is 0 Å². The molecule has 0 saturated carbocycles. The Hall–Kier alpha value is -1.16. The molecule has 0 amide bonds. The SMILES string of the molecule is OCCCN(CCc1ccccc1)Cc1cccs1. The number of hydrogen-bond acceptors (Lipinski definition) is 3. The first-order chi connectivity index (χ1) is 9.38. The summed E-state index contributed by atoms with van der Waals surface area (Å²) in [6.45, 7) is 3.26. The van der Waals surface area contributed by atoms with Gasteiger partial charge in [0.25, 0.3) is 0 Å². The molecule has 0 spiro atoms. The summed E-state index contributed by atoms with van der Waals surface area (Å²) in [5.41, 5.74) is 1.38. The van der Waals surface area contributed by atoms with Gasteiger partial charge in [0, 0.05) is 31.1 Å². The Balaban J connectivity index is 1.86. The van der Waals surface area contributed by atoms with Crippen LogP contribution < -0.4 is 0 Å². The Morgan fingerprint density at radius 1 is 1.00 bits per heavy atom. The van der Waals surface area contributed by atoms with Gasteiger partial charge in [0.05, 0.1) is 0 Å². The van der Waals surface area contributed by atoms with Gasteiger partial charge in [-0.2, -0.15) is 0 Å². The van der Waals surface area contributed by atoms with Gasteiger partial charge in [0.15, 0.2) is 0 Å². The maximum absolute atomic E-state index is 9.00. The summed E-state index contributed by atoms with van der Waals surface area (Å²) >= 11 is 1.80.